The van der Waals surface area contributed by atoms with Crippen LogP contribution in [0.2, 0.25) is 5.02 Å². The van der Waals surface area contributed by atoms with E-state index in [0.717, 1.165) is 14.2 Å². The Balaban J connectivity index is 2.36. The Kier molecular flexibility index (Phi) is 4.27. The average molecular weight is 351 g/mol. The minimum Gasteiger partial charge on any atom is -0.494 e. The maximum Gasteiger partial charge on any atom is 0.165 e. The summed E-state index contributed by atoms with van der Waals surface area (Å²) in [5.74, 6) is -0.219. The van der Waals surface area contributed by atoms with Gasteiger partial charge in [0.25, 0.3) is 0 Å². The van der Waals surface area contributed by atoms with Crippen LogP contribution in [0.4, 0.5) is 4.39 Å². The molecule has 1 heterocycles. The summed E-state index contributed by atoms with van der Waals surface area (Å²) in [6.07, 6.45) is 0. The van der Waals surface area contributed by atoms with E-state index in [1.165, 1.54) is 24.5 Å². The van der Waals surface area contributed by atoms with Gasteiger partial charge in [0.15, 0.2) is 11.6 Å². The normalized spacial score (nSPS) is 12.5. The second kappa shape index (κ2) is 5.57. The van der Waals surface area contributed by atoms with Gasteiger partial charge in [0, 0.05) is 4.88 Å². The lowest BCUT2D eigenvalue weighted by molar-refractivity contribution is 0.385. The zero-order valence-corrected chi connectivity index (χ0v) is 12.6. The SMILES string of the molecule is COc1cc(C(N)c2cc(Cl)c(Br)s2)ccc1F. The van der Waals surface area contributed by atoms with E-state index in [-0.39, 0.29) is 11.8 Å². The van der Waals surface area contributed by atoms with Gasteiger partial charge < -0.3 is 10.5 Å². The lowest BCUT2D eigenvalue weighted by atomic mass is 10.1. The molecule has 1 atom stereocenters. The molecule has 0 saturated heterocycles. The summed E-state index contributed by atoms with van der Waals surface area (Å²) in [6.45, 7) is 0. The lowest BCUT2D eigenvalue weighted by Gasteiger charge is -2.11. The number of thiophene rings is 1. The van der Waals surface area contributed by atoms with Gasteiger partial charge in [-0.2, -0.15) is 0 Å². The van der Waals surface area contributed by atoms with E-state index in [0.29, 0.717) is 5.02 Å². The molecular weight excluding hydrogens is 341 g/mol. The highest BCUT2D eigenvalue weighted by Gasteiger charge is 2.15. The van der Waals surface area contributed by atoms with Crippen LogP contribution in [-0.2, 0) is 0 Å². The van der Waals surface area contributed by atoms with Crippen molar-refractivity contribution in [2.75, 3.05) is 7.11 Å². The van der Waals surface area contributed by atoms with E-state index < -0.39 is 5.82 Å². The Morgan fingerprint density at radius 1 is 1.44 bits per heavy atom. The Morgan fingerprint density at radius 3 is 2.72 bits per heavy atom. The number of ether oxygens (including phenoxy) is 1. The Bertz CT molecular complexity index is 556. The van der Waals surface area contributed by atoms with Crippen molar-refractivity contribution in [1.82, 2.24) is 0 Å². The molecule has 0 aliphatic rings. The van der Waals surface area contributed by atoms with Gasteiger partial charge in [-0.05, 0) is 39.7 Å². The molecule has 0 saturated carbocycles. The summed E-state index contributed by atoms with van der Waals surface area (Å²) in [5, 5.41) is 0.625. The van der Waals surface area contributed by atoms with Crippen LogP contribution in [-0.4, -0.2) is 7.11 Å². The first-order valence-electron chi connectivity index (χ1n) is 5.06. The van der Waals surface area contributed by atoms with Gasteiger partial charge in [-0.25, -0.2) is 4.39 Å². The zero-order valence-electron chi connectivity index (χ0n) is 9.41. The highest BCUT2D eigenvalue weighted by Crippen LogP contribution is 2.37. The fourth-order valence-electron chi connectivity index (χ4n) is 1.55. The van der Waals surface area contributed by atoms with Crippen molar-refractivity contribution in [3.05, 3.63) is 49.3 Å². The monoisotopic (exact) mass is 349 g/mol. The van der Waals surface area contributed by atoms with Crippen molar-refractivity contribution in [2.45, 2.75) is 6.04 Å². The summed E-state index contributed by atoms with van der Waals surface area (Å²) in [6, 6.07) is 6.04. The van der Waals surface area contributed by atoms with Crippen LogP contribution in [0.15, 0.2) is 28.1 Å². The van der Waals surface area contributed by atoms with Crippen LogP contribution >= 0.6 is 38.9 Å². The van der Waals surface area contributed by atoms with Crippen molar-refractivity contribution in [3.63, 3.8) is 0 Å². The van der Waals surface area contributed by atoms with Gasteiger partial charge in [0.1, 0.15) is 0 Å². The first-order chi connectivity index (χ1) is 8.52. The van der Waals surface area contributed by atoms with Crippen LogP contribution in [0.3, 0.4) is 0 Å². The molecular formula is C12H10BrClFNOS. The van der Waals surface area contributed by atoms with Crippen molar-refractivity contribution >= 4 is 38.9 Å². The van der Waals surface area contributed by atoms with Crippen molar-refractivity contribution < 1.29 is 9.13 Å². The second-order valence-electron chi connectivity index (χ2n) is 3.64. The predicted octanol–water partition coefficient (Wildman–Crippen LogP) is 4.36. The highest BCUT2D eigenvalue weighted by atomic mass is 79.9. The van der Waals surface area contributed by atoms with Gasteiger partial charge >= 0.3 is 0 Å². The highest BCUT2D eigenvalue weighted by molar-refractivity contribution is 9.11. The molecule has 0 aliphatic heterocycles. The molecule has 0 bridgehead atoms. The third-order valence-electron chi connectivity index (χ3n) is 2.51. The van der Waals surface area contributed by atoms with Crippen LogP contribution < -0.4 is 10.5 Å². The van der Waals surface area contributed by atoms with E-state index in [1.807, 2.05) is 0 Å². The molecule has 1 unspecified atom stereocenters. The van der Waals surface area contributed by atoms with Crippen molar-refractivity contribution in [1.29, 1.82) is 0 Å². The lowest BCUT2D eigenvalue weighted by Crippen LogP contribution is -2.10. The molecule has 2 rings (SSSR count). The van der Waals surface area contributed by atoms with Gasteiger partial charge in [0.05, 0.1) is 22.0 Å². The topological polar surface area (TPSA) is 35.2 Å². The standard InChI is InChI=1S/C12H10BrClFNOS/c1-17-9-4-6(2-3-8(9)15)11(16)10-5-7(14)12(13)18-10/h2-5,11H,16H2,1H3. The predicted molar refractivity (Wildman–Crippen MR) is 76.0 cm³/mol. The molecule has 2 nitrogen and oxygen atoms in total. The van der Waals surface area contributed by atoms with Crippen molar-refractivity contribution in [2.24, 2.45) is 5.73 Å². The molecule has 18 heavy (non-hydrogen) atoms. The molecule has 1 aromatic heterocycles. The Hall–Kier alpha value is -0.620. The summed E-state index contributed by atoms with van der Waals surface area (Å²) in [4.78, 5) is 0.903. The first kappa shape index (κ1) is 13.8. The average Bonchev–Trinajstić information content (AvgIpc) is 2.69. The number of hydrogen-bond donors (Lipinski definition) is 1. The quantitative estimate of drug-likeness (QED) is 0.892. The first-order valence-corrected chi connectivity index (χ1v) is 7.05. The number of nitrogens with two attached hydrogens (primary N) is 1. The fourth-order valence-corrected chi connectivity index (χ4v) is 3.33. The number of methoxy groups -OCH3 is 1. The van der Waals surface area contributed by atoms with E-state index in [4.69, 9.17) is 22.1 Å². The molecule has 2 N–H and O–H groups in total. The van der Waals surface area contributed by atoms with Gasteiger partial charge in [0.2, 0.25) is 0 Å². The molecule has 0 spiro atoms. The minimum atomic E-state index is -0.404. The third-order valence-corrected chi connectivity index (χ3v) is 5.06. The third kappa shape index (κ3) is 2.69. The summed E-state index contributed by atoms with van der Waals surface area (Å²) >= 11 is 10.8. The van der Waals surface area contributed by atoms with E-state index in [9.17, 15) is 4.39 Å². The molecule has 96 valence electrons. The van der Waals surface area contributed by atoms with Gasteiger partial charge in [-0.3, -0.25) is 0 Å². The van der Waals surface area contributed by atoms with Crippen LogP contribution in [0.1, 0.15) is 16.5 Å². The van der Waals surface area contributed by atoms with Crippen molar-refractivity contribution in [3.8, 4) is 5.75 Å². The molecule has 2 aromatic rings. The minimum absolute atomic E-state index is 0.185. The number of benzene rings is 1. The molecule has 0 fully saturated rings. The van der Waals surface area contributed by atoms with E-state index in [1.54, 1.807) is 18.2 Å². The maximum atomic E-state index is 13.3. The van der Waals surface area contributed by atoms with E-state index in [2.05, 4.69) is 15.9 Å². The summed E-state index contributed by atoms with van der Waals surface area (Å²) in [7, 11) is 1.42. The Labute approximate surface area is 122 Å². The molecule has 0 aliphatic carbocycles. The smallest absolute Gasteiger partial charge is 0.165 e. The summed E-state index contributed by atoms with van der Waals surface area (Å²) in [5.41, 5.74) is 6.90. The number of hydrogen-bond acceptors (Lipinski definition) is 3. The van der Waals surface area contributed by atoms with Crippen LogP contribution in [0, 0.1) is 5.82 Å². The largest absolute Gasteiger partial charge is 0.494 e. The second-order valence-corrected chi connectivity index (χ2v) is 6.45. The maximum absolute atomic E-state index is 13.3. The van der Waals surface area contributed by atoms with E-state index >= 15 is 0 Å². The van der Waals surface area contributed by atoms with Crippen LogP contribution in [0.25, 0.3) is 0 Å². The number of halogens is 3. The molecule has 1 aromatic carbocycles. The van der Waals surface area contributed by atoms with Gasteiger partial charge in [-0.1, -0.05) is 17.7 Å². The molecule has 0 radical (unpaired) electrons. The van der Waals surface area contributed by atoms with Crippen LogP contribution in [0.5, 0.6) is 5.75 Å². The number of rotatable bonds is 3. The zero-order chi connectivity index (χ0) is 13.3. The van der Waals surface area contributed by atoms with Gasteiger partial charge in [-0.15, -0.1) is 11.3 Å². The fraction of sp³-hybridized carbons (Fsp3) is 0.167. The summed E-state index contributed by atoms with van der Waals surface area (Å²) < 4.78 is 19.1. The molecule has 6 heteroatoms. The molecule has 0 amide bonds. The Morgan fingerprint density at radius 2 is 2.17 bits per heavy atom.